The first-order valence-electron chi connectivity index (χ1n) is 23.8. The lowest BCUT2D eigenvalue weighted by Gasteiger charge is -2.63. The van der Waals surface area contributed by atoms with E-state index in [0.717, 1.165) is 21.8 Å². The maximum absolute atomic E-state index is 14.3. The largest absolute Gasteiger partial charge is 0.489 e. The summed E-state index contributed by atoms with van der Waals surface area (Å²) in [5, 5.41) is 26.1. The van der Waals surface area contributed by atoms with Crippen LogP contribution in [0, 0.1) is 52.3 Å². The summed E-state index contributed by atoms with van der Waals surface area (Å²) < 4.78 is 12.2. The summed E-state index contributed by atoms with van der Waals surface area (Å²) >= 11 is 7.78. The number of hydrogen-bond acceptors (Lipinski definition) is 13. The van der Waals surface area contributed by atoms with E-state index in [-0.39, 0.29) is 85.0 Å². The minimum Gasteiger partial charge on any atom is -0.489 e. The van der Waals surface area contributed by atoms with Crippen molar-refractivity contribution in [1.82, 2.24) is 25.6 Å². The van der Waals surface area contributed by atoms with Crippen molar-refractivity contribution in [3.05, 3.63) is 118 Å². The monoisotopic (exact) mass is 1000 g/mol. The number of carbonyl (C=O) groups is 5. The molecule has 3 N–H and O–H groups in total. The first-order valence-corrected chi connectivity index (χ1v) is 25.1. The van der Waals surface area contributed by atoms with Crippen molar-refractivity contribution in [2.45, 2.75) is 112 Å². The molecule has 71 heavy (non-hydrogen) atoms. The number of Topliss-reactive ketones (excluding diaryl/α,β-unsaturated/α-hetero) is 3. The summed E-state index contributed by atoms with van der Waals surface area (Å²) in [6.07, 6.45) is 2.50. The number of benzene rings is 2. The number of pyridine rings is 2. The minimum absolute atomic E-state index is 0.109. The molecule has 5 atom stereocenters. The predicted molar refractivity (Wildman–Crippen MR) is 270 cm³/mol. The van der Waals surface area contributed by atoms with Crippen LogP contribution in [0.2, 0.25) is 5.02 Å². The van der Waals surface area contributed by atoms with Crippen molar-refractivity contribution in [1.29, 1.82) is 5.26 Å². The zero-order chi connectivity index (χ0) is 51.6. The molecule has 2 aliphatic carbocycles. The quantitative estimate of drug-likeness (QED) is 0.0749. The van der Waals surface area contributed by atoms with Crippen molar-refractivity contribution in [2.24, 2.45) is 34.0 Å². The number of hydrogen-bond donors (Lipinski definition) is 3. The molecule has 372 valence electrons. The Morgan fingerprint density at radius 3 is 2.14 bits per heavy atom. The van der Waals surface area contributed by atoms with Crippen molar-refractivity contribution >= 4 is 52.1 Å². The molecule has 14 nitrogen and oxygen atoms in total. The number of aryl methyl sites for hydroxylation is 1. The lowest BCUT2D eigenvalue weighted by molar-refractivity contribution is -0.164. The van der Waals surface area contributed by atoms with Gasteiger partial charge in [0.05, 0.1) is 44.9 Å². The van der Waals surface area contributed by atoms with Crippen LogP contribution < -0.4 is 20.1 Å². The summed E-state index contributed by atoms with van der Waals surface area (Å²) in [7, 11) is 0. The van der Waals surface area contributed by atoms with Crippen LogP contribution in [0.3, 0.4) is 0 Å². The van der Waals surface area contributed by atoms with Gasteiger partial charge in [0.1, 0.15) is 35.2 Å². The highest BCUT2D eigenvalue weighted by Gasteiger charge is 2.64. The van der Waals surface area contributed by atoms with Crippen LogP contribution in [0.4, 0.5) is 0 Å². The number of amides is 2. The molecule has 2 fully saturated rings. The number of nitrogens with zero attached hydrogens (tertiary/aromatic N) is 4. The number of aliphatic hydroxyl groups excluding tert-OH is 1. The number of nitriles is 1. The van der Waals surface area contributed by atoms with Crippen molar-refractivity contribution in [2.75, 3.05) is 6.54 Å². The van der Waals surface area contributed by atoms with Crippen molar-refractivity contribution in [3.8, 4) is 33.9 Å². The van der Waals surface area contributed by atoms with Crippen molar-refractivity contribution in [3.63, 3.8) is 0 Å². The fraction of sp³-hybridized carbons (Fsp3) is 0.436. The summed E-state index contributed by atoms with van der Waals surface area (Å²) in [4.78, 5) is 82.5. The Labute approximate surface area is 424 Å². The second-order valence-electron chi connectivity index (χ2n) is 21.2. The van der Waals surface area contributed by atoms with Gasteiger partial charge in [0, 0.05) is 94.7 Å². The van der Waals surface area contributed by atoms with Crippen LogP contribution in [0.1, 0.15) is 125 Å². The first-order chi connectivity index (χ1) is 33.5. The van der Waals surface area contributed by atoms with E-state index < -0.39 is 46.0 Å². The average Bonchev–Trinajstić information content (AvgIpc) is 3.95. The molecule has 5 aromatic rings. The summed E-state index contributed by atoms with van der Waals surface area (Å²) in [6.45, 7) is 17.3. The van der Waals surface area contributed by atoms with Crippen LogP contribution in [0.5, 0.6) is 17.4 Å². The zero-order valence-corrected chi connectivity index (χ0v) is 43.1. The standard InChI is InChI=1S/C55H61ClN6O8S/c1-30(44-18-13-34(26-58-44)48-31(2)61-29-71-48)20-45(65)40-21-36(63)22-41(40)47(66)42(53(3,4)5)23-37(64)28-60-49(67)32-10-15-38(16-11-32)69-46-19-14-35(27-59-46)50(68)62-51-54(6,7)52(55(51,8)9)70-39-17-12-33(25-57)43(56)24-39/h10-19,24,26-27,29-30,36,40-42,51-52,63H,20-23,28H2,1-9H3,(H,60,67)(H,62,68)/t30-,36-,40-,41?,42-,51?,52?/m1/s1. The average molecular weight is 1000 g/mol. The number of rotatable bonds is 18. The number of thiazole rings is 1. The second-order valence-corrected chi connectivity index (χ2v) is 22.5. The SMILES string of the molecule is Cc1ncsc1-c1ccc([C@H](C)CC(=O)[C@@H]2C[C@@H](O)CC2C(=O)[C@@H](CC(=O)CNC(=O)c2ccc(Oc3ccc(C(=O)NC4C(C)(C)C(Oc5ccc(C#N)c(Cl)c5)C4(C)C)cn3)cc2)C(C)(C)C)nc1. The molecule has 7 rings (SSSR count). The number of ketones is 3. The van der Waals surface area contributed by atoms with Crippen LogP contribution in [-0.4, -0.2) is 74.0 Å². The molecule has 0 radical (unpaired) electrons. The topological polar surface area (TPSA) is 211 Å². The van der Waals surface area contributed by atoms with Gasteiger partial charge >= 0.3 is 0 Å². The molecular formula is C55H61ClN6O8S. The highest BCUT2D eigenvalue weighted by molar-refractivity contribution is 7.13. The molecule has 2 amide bonds. The summed E-state index contributed by atoms with van der Waals surface area (Å²) in [5.74, 6) is -2.67. The van der Waals surface area contributed by atoms with Gasteiger partial charge in [-0.2, -0.15) is 5.26 Å². The number of ether oxygens (including phenoxy) is 2. The lowest BCUT2D eigenvalue weighted by atomic mass is 9.49. The molecule has 0 aliphatic heterocycles. The molecular weight excluding hydrogens is 940 g/mol. The van der Waals surface area contributed by atoms with E-state index in [1.807, 2.05) is 80.5 Å². The van der Waals surface area contributed by atoms with Gasteiger partial charge in [-0.25, -0.2) is 9.97 Å². The third-order valence-electron chi connectivity index (χ3n) is 14.2. The van der Waals surface area contributed by atoms with Gasteiger partial charge in [-0.05, 0) is 73.7 Å². The van der Waals surface area contributed by atoms with Gasteiger partial charge in [-0.1, -0.05) is 73.1 Å². The Morgan fingerprint density at radius 1 is 0.873 bits per heavy atom. The maximum Gasteiger partial charge on any atom is 0.253 e. The summed E-state index contributed by atoms with van der Waals surface area (Å²) in [5.41, 5.74) is 3.87. The fourth-order valence-electron chi connectivity index (χ4n) is 10.5. The minimum atomic E-state index is -0.810. The van der Waals surface area contributed by atoms with Gasteiger partial charge in [-0.3, -0.25) is 29.0 Å². The Kier molecular flexibility index (Phi) is 15.6. The molecule has 0 saturated heterocycles. The van der Waals surface area contributed by atoms with Crippen molar-refractivity contribution < 1.29 is 38.6 Å². The summed E-state index contributed by atoms with van der Waals surface area (Å²) in [6, 6.07) is 20.1. The molecule has 3 heterocycles. The van der Waals surface area contributed by atoms with E-state index in [1.54, 1.807) is 77.6 Å². The van der Waals surface area contributed by atoms with E-state index in [9.17, 15) is 34.3 Å². The maximum atomic E-state index is 14.3. The van der Waals surface area contributed by atoms with E-state index in [4.69, 9.17) is 21.1 Å². The highest BCUT2D eigenvalue weighted by Crippen LogP contribution is 2.56. The second kappa shape index (κ2) is 21.2. The molecule has 0 spiro atoms. The zero-order valence-electron chi connectivity index (χ0n) is 41.5. The van der Waals surface area contributed by atoms with Crippen LogP contribution >= 0.6 is 22.9 Å². The molecule has 2 aliphatic rings. The fourth-order valence-corrected chi connectivity index (χ4v) is 11.5. The van der Waals surface area contributed by atoms with Gasteiger partial charge in [0.25, 0.3) is 11.8 Å². The molecule has 2 aromatic carbocycles. The third-order valence-corrected chi connectivity index (χ3v) is 15.4. The number of carbonyl (C=O) groups excluding carboxylic acids is 5. The molecule has 1 unspecified atom stereocenters. The number of nitrogens with one attached hydrogen (secondary N) is 2. The lowest BCUT2D eigenvalue weighted by Crippen LogP contribution is -2.74. The first kappa shape index (κ1) is 52.5. The molecule has 2 saturated carbocycles. The molecule has 16 heteroatoms. The van der Waals surface area contributed by atoms with Crippen LogP contribution in [0.25, 0.3) is 10.4 Å². The van der Waals surface area contributed by atoms with Gasteiger partial charge in [-0.15, -0.1) is 11.3 Å². The number of halogens is 1. The Hall–Kier alpha value is -6.34. The van der Waals surface area contributed by atoms with E-state index in [2.05, 4.69) is 25.6 Å². The Balaban J connectivity index is 0.884. The van der Waals surface area contributed by atoms with E-state index in [1.165, 1.54) is 6.20 Å². The number of aliphatic hydroxyl groups is 1. The Morgan fingerprint density at radius 2 is 1.55 bits per heavy atom. The van der Waals surface area contributed by atoms with Crippen LogP contribution in [-0.2, 0) is 14.4 Å². The normalized spacial score (nSPS) is 20.9. The molecule has 0 bridgehead atoms. The van der Waals surface area contributed by atoms with Gasteiger partial charge in [0.15, 0.2) is 5.78 Å². The van der Waals surface area contributed by atoms with Gasteiger partial charge in [0.2, 0.25) is 5.88 Å². The third kappa shape index (κ3) is 11.7. The highest BCUT2D eigenvalue weighted by atomic mass is 35.5. The predicted octanol–water partition coefficient (Wildman–Crippen LogP) is 9.91. The van der Waals surface area contributed by atoms with E-state index >= 15 is 0 Å². The van der Waals surface area contributed by atoms with Crippen LogP contribution in [0.15, 0.2) is 84.6 Å². The number of aromatic nitrogens is 3. The smallest absolute Gasteiger partial charge is 0.253 e. The molecule has 3 aromatic heterocycles. The Bertz CT molecular complexity index is 2820. The van der Waals surface area contributed by atoms with E-state index in [0.29, 0.717) is 27.6 Å². The van der Waals surface area contributed by atoms with Gasteiger partial charge < -0.3 is 25.2 Å².